The maximum absolute atomic E-state index is 6.14. The van der Waals surface area contributed by atoms with Gasteiger partial charge in [0.1, 0.15) is 0 Å². The molecule has 0 aliphatic rings. The molecule has 0 atom stereocenters. The van der Waals surface area contributed by atoms with Gasteiger partial charge < -0.3 is 0 Å². The van der Waals surface area contributed by atoms with Crippen LogP contribution in [0.1, 0.15) is 5.56 Å². The molecule has 2 aromatic rings. The van der Waals surface area contributed by atoms with Crippen molar-refractivity contribution in [3.63, 3.8) is 0 Å². The van der Waals surface area contributed by atoms with E-state index in [0.717, 1.165) is 26.7 Å². The van der Waals surface area contributed by atoms with E-state index in [0.29, 0.717) is 0 Å². The van der Waals surface area contributed by atoms with E-state index in [-0.39, 0.29) is 0 Å². The number of benzene rings is 2. The maximum Gasteiger partial charge on any atom is 0.0484 e. The fraction of sp³-hybridized carbons (Fsp3) is 0.0769. The van der Waals surface area contributed by atoms with Crippen molar-refractivity contribution in [2.45, 2.75) is 6.92 Å². The van der Waals surface area contributed by atoms with Crippen molar-refractivity contribution >= 4 is 23.2 Å². The summed E-state index contributed by atoms with van der Waals surface area (Å²) < 4.78 is 0. The smallest absolute Gasteiger partial charge is 0.0484 e. The molecule has 2 rings (SSSR count). The first-order valence-corrected chi connectivity index (χ1v) is 5.45. The average molecular weight is 237 g/mol. The minimum Gasteiger partial charge on any atom is -0.0843 e. The molecule has 0 amide bonds. The molecule has 0 aliphatic heterocycles. The highest BCUT2D eigenvalue weighted by molar-refractivity contribution is 6.33. The van der Waals surface area contributed by atoms with Gasteiger partial charge in [-0.25, -0.2) is 0 Å². The van der Waals surface area contributed by atoms with Crippen LogP contribution in [0.2, 0.25) is 10.0 Å². The van der Waals surface area contributed by atoms with Gasteiger partial charge in [-0.05, 0) is 36.2 Å². The Kier molecular flexibility index (Phi) is 2.99. The molecule has 0 aliphatic carbocycles. The van der Waals surface area contributed by atoms with Crippen LogP contribution in [0, 0.1) is 6.92 Å². The van der Waals surface area contributed by atoms with Gasteiger partial charge in [-0.1, -0.05) is 47.5 Å². The summed E-state index contributed by atoms with van der Waals surface area (Å²) >= 11 is 12.0. The number of hydrogen-bond donors (Lipinski definition) is 0. The molecule has 0 aromatic heterocycles. The zero-order valence-corrected chi connectivity index (χ0v) is 9.81. The third-order valence-electron chi connectivity index (χ3n) is 2.35. The van der Waals surface area contributed by atoms with E-state index in [1.807, 2.05) is 49.4 Å². The number of halogens is 2. The molecule has 0 N–H and O–H groups in total. The van der Waals surface area contributed by atoms with Gasteiger partial charge in [0.05, 0.1) is 0 Å². The second-order valence-corrected chi connectivity index (χ2v) is 4.28. The van der Waals surface area contributed by atoms with Gasteiger partial charge in [0.25, 0.3) is 0 Å². The number of hydrogen-bond acceptors (Lipinski definition) is 0. The van der Waals surface area contributed by atoms with Gasteiger partial charge in [0.15, 0.2) is 0 Å². The van der Waals surface area contributed by atoms with Crippen LogP contribution in [0.15, 0.2) is 42.5 Å². The lowest BCUT2D eigenvalue weighted by Crippen LogP contribution is -1.83. The molecule has 0 bridgehead atoms. The Balaban J connectivity index is 2.60. The van der Waals surface area contributed by atoms with E-state index in [4.69, 9.17) is 23.2 Å². The summed E-state index contributed by atoms with van der Waals surface area (Å²) in [7, 11) is 0. The predicted octanol–water partition coefficient (Wildman–Crippen LogP) is 4.97. The molecule has 0 radical (unpaired) electrons. The zero-order valence-electron chi connectivity index (χ0n) is 8.30. The Bertz CT molecular complexity index is 490. The van der Waals surface area contributed by atoms with Crippen LogP contribution >= 0.6 is 23.2 Å². The highest BCUT2D eigenvalue weighted by atomic mass is 35.5. The van der Waals surface area contributed by atoms with Crippen LogP contribution in [0.4, 0.5) is 0 Å². The van der Waals surface area contributed by atoms with Crippen molar-refractivity contribution in [3.05, 3.63) is 58.1 Å². The van der Waals surface area contributed by atoms with Crippen LogP contribution < -0.4 is 0 Å². The average Bonchev–Trinajstić information content (AvgIpc) is 2.20. The van der Waals surface area contributed by atoms with E-state index in [1.54, 1.807) is 0 Å². The molecule has 0 unspecified atom stereocenters. The lowest BCUT2D eigenvalue weighted by atomic mass is 10.0. The summed E-state index contributed by atoms with van der Waals surface area (Å²) in [6.07, 6.45) is 0. The number of rotatable bonds is 1. The first kappa shape index (κ1) is 10.5. The van der Waals surface area contributed by atoms with Gasteiger partial charge in [0.2, 0.25) is 0 Å². The van der Waals surface area contributed by atoms with Crippen LogP contribution in [0.5, 0.6) is 0 Å². The van der Waals surface area contributed by atoms with Crippen LogP contribution in [-0.4, -0.2) is 0 Å². The molecular weight excluding hydrogens is 227 g/mol. The molecule has 2 aromatic carbocycles. The van der Waals surface area contributed by atoms with Crippen LogP contribution in [0.25, 0.3) is 11.1 Å². The molecule has 0 saturated carbocycles. The van der Waals surface area contributed by atoms with Gasteiger partial charge in [0, 0.05) is 15.6 Å². The minimum absolute atomic E-state index is 0.753. The Morgan fingerprint density at radius 3 is 2.27 bits per heavy atom. The molecule has 76 valence electrons. The van der Waals surface area contributed by atoms with E-state index < -0.39 is 0 Å². The normalized spacial score (nSPS) is 10.3. The highest BCUT2D eigenvalue weighted by Gasteiger charge is 2.05. The maximum atomic E-state index is 6.14. The zero-order chi connectivity index (χ0) is 10.8. The van der Waals surface area contributed by atoms with E-state index >= 15 is 0 Å². The topological polar surface area (TPSA) is 0 Å². The van der Waals surface area contributed by atoms with Crippen LogP contribution in [0.3, 0.4) is 0 Å². The second-order valence-electron chi connectivity index (χ2n) is 3.44. The van der Waals surface area contributed by atoms with Crippen molar-refractivity contribution in [2.24, 2.45) is 0 Å². The molecule has 0 nitrogen and oxygen atoms in total. The lowest BCUT2D eigenvalue weighted by Gasteiger charge is -2.08. The van der Waals surface area contributed by atoms with E-state index in [9.17, 15) is 0 Å². The minimum atomic E-state index is 0.753. The van der Waals surface area contributed by atoms with Gasteiger partial charge in [-0.15, -0.1) is 0 Å². The second kappa shape index (κ2) is 4.26. The highest BCUT2D eigenvalue weighted by Crippen LogP contribution is 2.31. The van der Waals surface area contributed by atoms with Crippen molar-refractivity contribution in [2.75, 3.05) is 0 Å². The first-order valence-electron chi connectivity index (χ1n) is 4.69. The SMILES string of the molecule is Cc1cc(Cl)ccc1-c1ccccc1Cl. The Morgan fingerprint density at radius 1 is 0.867 bits per heavy atom. The summed E-state index contributed by atoms with van der Waals surface area (Å²) in [4.78, 5) is 0. The molecule has 15 heavy (non-hydrogen) atoms. The Labute approximate surface area is 99.5 Å². The monoisotopic (exact) mass is 236 g/mol. The molecule has 0 spiro atoms. The summed E-state index contributed by atoms with van der Waals surface area (Å²) in [5, 5.41) is 1.52. The van der Waals surface area contributed by atoms with Crippen LogP contribution in [-0.2, 0) is 0 Å². The largest absolute Gasteiger partial charge is 0.0843 e. The van der Waals surface area contributed by atoms with Crippen molar-refractivity contribution in [1.82, 2.24) is 0 Å². The summed E-state index contributed by atoms with van der Waals surface area (Å²) in [6.45, 7) is 2.03. The molecule has 2 heteroatoms. The lowest BCUT2D eigenvalue weighted by molar-refractivity contribution is 1.46. The van der Waals surface area contributed by atoms with E-state index in [2.05, 4.69) is 0 Å². The van der Waals surface area contributed by atoms with E-state index in [1.165, 1.54) is 0 Å². The van der Waals surface area contributed by atoms with Gasteiger partial charge in [-0.2, -0.15) is 0 Å². The Morgan fingerprint density at radius 2 is 1.60 bits per heavy atom. The van der Waals surface area contributed by atoms with Crippen molar-refractivity contribution < 1.29 is 0 Å². The fourth-order valence-corrected chi connectivity index (χ4v) is 2.07. The van der Waals surface area contributed by atoms with Crippen molar-refractivity contribution in [3.8, 4) is 11.1 Å². The standard InChI is InChI=1S/C13H10Cl2/c1-9-8-10(14)6-7-11(9)12-4-2-3-5-13(12)15/h2-8H,1H3. The summed E-state index contributed by atoms with van der Waals surface area (Å²) in [6, 6.07) is 13.6. The third kappa shape index (κ3) is 2.17. The van der Waals surface area contributed by atoms with Gasteiger partial charge in [-0.3, -0.25) is 0 Å². The predicted molar refractivity (Wildman–Crippen MR) is 66.6 cm³/mol. The molecule has 0 saturated heterocycles. The molecule has 0 fully saturated rings. The molecular formula is C13H10Cl2. The third-order valence-corrected chi connectivity index (χ3v) is 2.92. The first-order chi connectivity index (χ1) is 7.18. The van der Waals surface area contributed by atoms with Gasteiger partial charge >= 0.3 is 0 Å². The Hall–Kier alpha value is -0.980. The number of aryl methyl sites for hydroxylation is 1. The fourth-order valence-electron chi connectivity index (χ4n) is 1.61. The summed E-state index contributed by atoms with van der Waals surface area (Å²) in [5.74, 6) is 0. The quantitative estimate of drug-likeness (QED) is 0.656. The van der Waals surface area contributed by atoms with Crippen molar-refractivity contribution in [1.29, 1.82) is 0 Å². The summed E-state index contributed by atoms with van der Waals surface area (Å²) in [5.41, 5.74) is 3.31. The molecule has 0 heterocycles.